The molecule has 0 unspecified atom stereocenters. The smallest absolute Gasteiger partial charge is 0.162 e. The maximum atomic E-state index is 14.1. The largest absolute Gasteiger partial charge is 0.324 e. The first-order valence-electron chi connectivity index (χ1n) is 8.49. The van der Waals surface area contributed by atoms with E-state index in [1.807, 2.05) is 11.5 Å². The number of imidazole rings is 1. The van der Waals surface area contributed by atoms with Crippen LogP contribution in [0.25, 0.3) is 17.2 Å². The predicted molar refractivity (Wildman–Crippen MR) is 94.0 cm³/mol. The Bertz CT molecular complexity index is 1070. The average Bonchev–Trinajstić information content (AvgIpc) is 3.23. The molecule has 0 N–H and O–H groups in total. The van der Waals surface area contributed by atoms with Gasteiger partial charge in [-0.3, -0.25) is 0 Å². The van der Waals surface area contributed by atoms with Crippen molar-refractivity contribution in [2.75, 3.05) is 0 Å². The Morgan fingerprint density at radius 3 is 2.85 bits per heavy atom. The standard InChI is InChI=1S/C18H18FN7/c1-3-5-13-15(22-11-26-17(13)23-12(2)24-26)10-25-9-8-21-18(25)16-14(19)6-4-7-20-16/h4,6-9,11H,3,5,10H2,1-2H3. The quantitative estimate of drug-likeness (QED) is 0.553. The van der Waals surface area contributed by atoms with Crippen LogP contribution in [0.5, 0.6) is 0 Å². The van der Waals surface area contributed by atoms with Crippen molar-refractivity contribution < 1.29 is 4.39 Å². The second-order valence-electron chi connectivity index (χ2n) is 6.06. The minimum Gasteiger partial charge on any atom is -0.324 e. The lowest BCUT2D eigenvalue weighted by Gasteiger charge is -2.12. The highest BCUT2D eigenvalue weighted by Crippen LogP contribution is 2.21. The van der Waals surface area contributed by atoms with Crippen molar-refractivity contribution in [1.29, 1.82) is 0 Å². The Morgan fingerprint density at radius 1 is 1.15 bits per heavy atom. The molecule has 0 amide bonds. The summed E-state index contributed by atoms with van der Waals surface area (Å²) in [6, 6.07) is 2.95. The van der Waals surface area contributed by atoms with Gasteiger partial charge >= 0.3 is 0 Å². The van der Waals surface area contributed by atoms with Gasteiger partial charge in [0.1, 0.15) is 17.8 Å². The van der Waals surface area contributed by atoms with E-state index < -0.39 is 5.82 Å². The van der Waals surface area contributed by atoms with Gasteiger partial charge in [0.15, 0.2) is 17.3 Å². The van der Waals surface area contributed by atoms with Gasteiger partial charge in [-0.25, -0.2) is 28.8 Å². The van der Waals surface area contributed by atoms with Crippen LogP contribution in [0.1, 0.15) is 30.4 Å². The molecule has 132 valence electrons. The fourth-order valence-electron chi connectivity index (χ4n) is 3.06. The van der Waals surface area contributed by atoms with Crippen LogP contribution in [-0.4, -0.2) is 34.1 Å². The molecule has 4 heterocycles. The third-order valence-corrected chi connectivity index (χ3v) is 4.18. The van der Waals surface area contributed by atoms with Gasteiger partial charge in [-0.1, -0.05) is 13.3 Å². The van der Waals surface area contributed by atoms with E-state index in [1.165, 1.54) is 6.07 Å². The molecule has 0 spiro atoms. The lowest BCUT2D eigenvalue weighted by Crippen LogP contribution is -2.10. The minimum atomic E-state index is -0.398. The fraction of sp³-hybridized carbons (Fsp3) is 0.278. The molecule has 7 nitrogen and oxygen atoms in total. The Morgan fingerprint density at radius 2 is 2.04 bits per heavy atom. The number of nitrogens with zero attached hydrogens (tertiary/aromatic N) is 7. The topological polar surface area (TPSA) is 73.8 Å². The van der Waals surface area contributed by atoms with Crippen LogP contribution in [0.4, 0.5) is 4.39 Å². The molecule has 0 aromatic carbocycles. The van der Waals surface area contributed by atoms with Crippen LogP contribution in [0.3, 0.4) is 0 Å². The van der Waals surface area contributed by atoms with E-state index in [0.29, 0.717) is 18.2 Å². The van der Waals surface area contributed by atoms with Crippen molar-refractivity contribution in [2.24, 2.45) is 0 Å². The number of halogens is 1. The molecule has 4 aromatic rings. The zero-order chi connectivity index (χ0) is 18.1. The van der Waals surface area contributed by atoms with E-state index in [0.717, 1.165) is 29.7 Å². The van der Waals surface area contributed by atoms with E-state index in [9.17, 15) is 4.39 Å². The van der Waals surface area contributed by atoms with E-state index in [4.69, 9.17) is 0 Å². The molecule has 0 bridgehead atoms. The van der Waals surface area contributed by atoms with E-state index in [2.05, 4.69) is 32.0 Å². The lowest BCUT2D eigenvalue weighted by molar-refractivity contribution is 0.621. The van der Waals surface area contributed by atoms with Crippen molar-refractivity contribution in [3.8, 4) is 11.5 Å². The summed E-state index contributed by atoms with van der Waals surface area (Å²) >= 11 is 0. The van der Waals surface area contributed by atoms with E-state index in [-0.39, 0.29) is 5.69 Å². The number of rotatable bonds is 5. The molecule has 0 radical (unpaired) electrons. The van der Waals surface area contributed by atoms with Gasteiger partial charge in [0.2, 0.25) is 0 Å². The maximum absolute atomic E-state index is 14.1. The van der Waals surface area contributed by atoms with Gasteiger partial charge in [-0.15, -0.1) is 0 Å². The number of hydrogen-bond donors (Lipinski definition) is 0. The summed E-state index contributed by atoms with van der Waals surface area (Å²) in [4.78, 5) is 17.5. The molecule has 0 saturated heterocycles. The van der Waals surface area contributed by atoms with Gasteiger partial charge in [0.05, 0.1) is 12.2 Å². The van der Waals surface area contributed by atoms with Crippen molar-refractivity contribution >= 4 is 5.65 Å². The lowest BCUT2D eigenvalue weighted by atomic mass is 10.1. The van der Waals surface area contributed by atoms with Crippen LogP contribution in [0.2, 0.25) is 0 Å². The van der Waals surface area contributed by atoms with Crippen molar-refractivity contribution in [3.63, 3.8) is 0 Å². The van der Waals surface area contributed by atoms with Gasteiger partial charge in [-0.2, -0.15) is 5.10 Å². The minimum absolute atomic E-state index is 0.231. The highest BCUT2D eigenvalue weighted by atomic mass is 19.1. The van der Waals surface area contributed by atoms with Gasteiger partial charge in [-0.05, 0) is 25.5 Å². The number of fused-ring (bicyclic) bond motifs is 1. The summed E-state index contributed by atoms with van der Waals surface area (Å²) in [6.07, 6.45) is 8.48. The van der Waals surface area contributed by atoms with Crippen molar-refractivity contribution in [3.05, 3.63) is 59.9 Å². The van der Waals surface area contributed by atoms with Crippen LogP contribution in [0, 0.1) is 12.7 Å². The SMILES string of the molecule is CCCc1c(Cn2ccnc2-c2ncccc2F)ncn2nc(C)nc12. The molecular formula is C18H18FN7. The number of aryl methyl sites for hydroxylation is 2. The first kappa shape index (κ1) is 16.3. The van der Waals surface area contributed by atoms with Crippen molar-refractivity contribution in [1.82, 2.24) is 34.1 Å². The summed E-state index contributed by atoms with van der Waals surface area (Å²) in [7, 11) is 0. The Hall–Kier alpha value is -3.16. The Labute approximate surface area is 149 Å². The summed E-state index contributed by atoms with van der Waals surface area (Å²) in [6.45, 7) is 4.44. The number of pyridine rings is 1. The molecule has 0 atom stereocenters. The second-order valence-corrected chi connectivity index (χ2v) is 6.06. The summed E-state index contributed by atoms with van der Waals surface area (Å²) in [5.41, 5.74) is 2.98. The number of aromatic nitrogens is 7. The molecule has 8 heteroatoms. The Kier molecular flexibility index (Phi) is 4.16. The van der Waals surface area contributed by atoms with Gasteiger partial charge < -0.3 is 4.57 Å². The molecule has 0 aliphatic rings. The number of hydrogen-bond acceptors (Lipinski definition) is 5. The first-order chi connectivity index (χ1) is 12.7. The van der Waals surface area contributed by atoms with E-state index in [1.54, 1.807) is 35.5 Å². The zero-order valence-corrected chi connectivity index (χ0v) is 14.6. The fourth-order valence-corrected chi connectivity index (χ4v) is 3.06. The third kappa shape index (κ3) is 2.83. The molecule has 26 heavy (non-hydrogen) atoms. The van der Waals surface area contributed by atoms with Crippen LogP contribution in [-0.2, 0) is 13.0 Å². The zero-order valence-electron chi connectivity index (χ0n) is 14.6. The third-order valence-electron chi connectivity index (χ3n) is 4.18. The summed E-state index contributed by atoms with van der Waals surface area (Å²) < 4.78 is 17.7. The van der Waals surface area contributed by atoms with Crippen molar-refractivity contribution in [2.45, 2.75) is 33.2 Å². The molecule has 0 aliphatic heterocycles. The summed E-state index contributed by atoms with van der Waals surface area (Å²) in [5, 5.41) is 4.34. The highest BCUT2D eigenvalue weighted by molar-refractivity contribution is 5.52. The second kappa shape index (κ2) is 6.62. The average molecular weight is 351 g/mol. The molecule has 0 saturated carbocycles. The Balaban J connectivity index is 1.78. The molecule has 4 rings (SSSR count). The van der Waals surface area contributed by atoms with Crippen LogP contribution in [0.15, 0.2) is 37.1 Å². The van der Waals surface area contributed by atoms with Gasteiger partial charge in [0, 0.05) is 24.2 Å². The van der Waals surface area contributed by atoms with Crippen LogP contribution < -0.4 is 0 Å². The van der Waals surface area contributed by atoms with Crippen LogP contribution >= 0.6 is 0 Å². The highest BCUT2D eigenvalue weighted by Gasteiger charge is 2.16. The molecule has 0 aliphatic carbocycles. The predicted octanol–water partition coefficient (Wildman–Crippen LogP) is 2.83. The monoisotopic (exact) mass is 351 g/mol. The summed E-state index contributed by atoms with van der Waals surface area (Å²) in [5.74, 6) is 0.787. The molecular weight excluding hydrogens is 333 g/mol. The van der Waals surface area contributed by atoms with Gasteiger partial charge in [0.25, 0.3) is 0 Å². The maximum Gasteiger partial charge on any atom is 0.162 e. The molecule has 4 aromatic heterocycles. The molecule has 0 fully saturated rings. The first-order valence-corrected chi connectivity index (χ1v) is 8.49. The normalized spacial score (nSPS) is 11.3. The van der Waals surface area contributed by atoms with E-state index >= 15 is 0 Å².